The van der Waals surface area contributed by atoms with E-state index in [0.29, 0.717) is 13.0 Å². The monoisotopic (exact) mass is 326 g/mol. The minimum atomic E-state index is -1.00. The topological polar surface area (TPSA) is 140 Å². The molecule has 0 aliphatic carbocycles. The van der Waals surface area contributed by atoms with Crippen LogP contribution >= 0.6 is 0 Å². The zero-order valence-corrected chi connectivity index (χ0v) is 12.6. The summed E-state index contributed by atoms with van der Waals surface area (Å²) in [6, 6.07) is -0.233. The average molecular weight is 326 g/mol. The number of carbonyl (C=O) groups is 3. The van der Waals surface area contributed by atoms with Crippen molar-refractivity contribution in [3.63, 3.8) is 0 Å². The number of carbonyl (C=O) groups excluding carboxylic acids is 2. The second-order valence-electron chi connectivity index (χ2n) is 5.02. The number of hydrogen-bond acceptors (Lipinski definition) is 7. The van der Waals surface area contributed by atoms with Crippen molar-refractivity contribution in [3.8, 4) is 0 Å². The number of tetrazole rings is 1. The summed E-state index contributed by atoms with van der Waals surface area (Å²) < 4.78 is 6.03. The Labute approximate surface area is 131 Å². The van der Waals surface area contributed by atoms with Crippen LogP contribution in [0.2, 0.25) is 0 Å². The summed E-state index contributed by atoms with van der Waals surface area (Å²) in [5, 5.41) is 22.4. The number of nitrogens with zero attached hydrogens (tertiary/aromatic N) is 5. The van der Waals surface area contributed by atoms with Crippen LogP contribution in [0.3, 0.4) is 0 Å². The van der Waals surface area contributed by atoms with Crippen molar-refractivity contribution in [3.05, 3.63) is 5.82 Å². The molecule has 0 aromatic carbocycles. The van der Waals surface area contributed by atoms with Crippen molar-refractivity contribution in [2.45, 2.75) is 32.4 Å². The van der Waals surface area contributed by atoms with E-state index in [0.717, 1.165) is 0 Å². The maximum atomic E-state index is 12.0. The molecule has 0 radical (unpaired) electrons. The van der Waals surface area contributed by atoms with Crippen LogP contribution in [0.25, 0.3) is 0 Å². The average Bonchev–Trinajstić information content (AvgIpc) is 3.09. The van der Waals surface area contributed by atoms with Gasteiger partial charge in [0.2, 0.25) is 5.91 Å². The number of nitrogens with one attached hydrogen (secondary N) is 1. The number of aromatic nitrogens is 4. The highest BCUT2D eigenvalue weighted by Gasteiger charge is 2.27. The molecule has 1 aromatic rings. The number of amides is 2. The molecule has 0 saturated carbocycles. The van der Waals surface area contributed by atoms with Crippen LogP contribution in [0.1, 0.15) is 19.2 Å². The van der Waals surface area contributed by atoms with E-state index in [-0.39, 0.29) is 43.9 Å². The van der Waals surface area contributed by atoms with Crippen molar-refractivity contribution < 1.29 is 24.2 Å². The lowest BCUT2D eigenvalue weighted by molar-refractivity contribution is -0.142. The van der Waals surface area contributed by atoms with Gasteiger partial charge in [0.1, 0.15) is 13.0 Å². The molecule has 2 amide bonds. The SMILES string of the molecule is CCOC(=O)Cc1nnnn1CC(=O)NC1CCN(C(=O)O)C1. The first-order valence-electron chi connectivity index (χ1n) is 7.17. The molecule has 2 rings (SSSR count). The predicted molar refractivity (Wildman–Crippen MR) is 74.3 cm³/mol. The molecule has 1 unspecified atom stereocenters. The first kappa shape index (κ1) is 16.6. The lowest BCUT2D eigenvalue weighted by Crippen LogP contribution is -2.40. The molecule has 126 valence electrons. The Hall–Kier alpha value is -2.72. The first-order chi connectivity index (χ1) is 11.0. The zero-order valence-electron chi connectivity index (χ0n) is 12.6. The molecule has 0 spiro atoms. The number of carboxylic acid groups (broad SMARTS) is 1. The molecule has 1 aliphatic rings. The maximum absolute atomic E-state index is 12.0. The molecular formula is C12H18N6O5. The van der Waals surface area contributed by atoms with E-state index in [9.17, 15) is 14.4 Å². The summed E-state index contributed by atoms with van der Waals surface area (Å²) in [5.41, 5.74) is 0. The van der Waals surface area contributed by atoms with Gasteiger partial charge in [-0.2, -0.15) is 0 Å². The Kier molecular flexibility index (Phi) is 5.44. The van der Waals surface area contributed by atoms with E-state index in [1.807, 2.05) is 0 Å². The minimum absolute atomic E-state index is 0.121. The Balaban J connectivity index is 1.85. The summed E-state index contributed by atoms with van der Waals surface area (Å²) in [7, 11) is 0. The molecule has 1 aromatic heterocycles. The number of esters is 1. The molecule has 1 aliphatic heterocycles. The smallest absolute Gasteiger partial charge is 0.407 e. The van der Waals surface area contributed by atoms with E-state index in [1.165, 1.54) is 9.58 Å². The summed E-state index contributed by atoms with van der Waals surface area (Å²) >= 11 is 0. The Morgan fingerprint density at radius 3 is 2.87 bits per heavy atom. The van der Waals surface area contributed by atoms with Crippen molar-refractivity contribution in [2.75, 3.05) is 19.7 Å². The maximum Gasteiger partial charge on any atom is 0.407 e. The summed E-state index contributed by atoms with van der Waals surface area (Å²) in [4.78, 5) is 35.5. The minimum Gasteiger partial charge on any atom is -0.466 e. The number of rotatable bonds is 6. The largest absolute Gasteiger partial charge is 0.466 e. The number of hydrogen-bond donors (Lipinski definition) is 2. The van der Waals surface area contributed by atoms with Crippen LogP contribution in [-0.4, -0.2) is 73.9 Å². The summed E-state index contributed by atoms with van der Waals surface area (Å²) in [6.07, 6.45) is -0.563. The molecule has 11 heteroatoms. The molecule has 1 atom stereocenters. The van der Waals surface area contributed by atoms with Gasteiger partial charge in [-0.25, -0.2) is 9.48 Å². The van der Waals surface area contributed by atoms with Crippen molar-refractivity contribution in [2.24, 2.45) is 0 Å². The van der Waals surface area contributed by atoms with Gasteiger partial charge >= 0.3 is 12.1 Å². The van der Waals surface area contributed by atoms with Crippen molar-refractivity contribution in [1.29, 1.82) is 0 Å². The molecule has 1 saturated heterocycles. The van der Waals surface area contributed by atoms with Gasteiger partial charge in [-0.05, 0) is 23.8 Å². The number of ether oxygens (including phenoxy) is 1. The van der Waals surface area contributed by atoms with Gasteiger partial charge in [0, 0.05) is 19.1 Å². The molecule has 2 N–H and O–H groups in total. The second kappa shape index (κ2) is 7.51. The molecule has 0 bridgehead atoms. The van der Waals surface area contributed by atoms with Gasteiger partial charge in [-0.15, -0.1) is 5.10 Å². The third-order valence-corrected chi connectivity index (χ3v) is 3.33. The van der Waals surface area contributed by atoms with E-state index < -0.39 is 12.1 Å². The highest BCUT2D eigenvalue weighted by atomic mass is 16.5. The van der Waals surface area contributed by atoms with Crippen LogP contribution in [0.15, 0.2) is 0 Å². The van der Waals surface area contributed by atoms with Gasteiger partial charge in [0.05, 0.1) is 6.61 Å². The van der Waals surface area contributed by atoms with Gasteiger partial charge in [0.25, 0.3) is 0 Å². The van der Waals surface area contributed by atoms with E-state index >= 15 is 0 Å². The highest BCUT2D eigenvalue weighted by molar-refractivity contribution is 5.76. The fourth-order valence-corrected chi connectivity index (χ4v) is 2.27. The zero-order chi connectivity index (χ0) is 16.8. The predicted octanol–water partition coefficient (Wildman–Crippen LogP) is -1.35. The van der Waals surface area contributed by atoms with Crippen LogP contribution in [0.4, 0.5) is 4.79 Å². The second-order valence-corrected chi connectivity index (χ2v) is 5.02. The summed E-state index contributed by atoms with van der Waals surface area (Å²) in [6.45, 7) is 2.44. The van der Waals surface area contributed by atoms with Gasteiger partial charge in [0.15, 0.2) is 5.82 Å². The standard InChI is InChI=1S/C12H18N6O5/c1-2-23-11(20)5-9-14-15-16-18(9)7-10(19)13-8-3-4-17(6-8)12(21)22/h8H,2-7H2,1H3,(H,13,19)(H,21,22). The Morgan fingerprint density at radius 2 is 2.22 bits per heavy atom. The third-order valence-electron chi connectivity index (χ3n) is 3.33. The van der Waals surface area contributed by atoms with Crippen LogP contribution in [0, 0.1) is 0 Å². The van der Waals surface area contributed by atoms with Crippen LogP contribution < -0.4 is 5.32 Å². The Morgan fingerprint density at radius 1 is 1.43 bits per heavy atom. The summed E-state index contributed by atoms with van der Waals surface area (Å²) in [5.74, 6) is -0.589. The lowest BCUT2D eigenvalue weighted by Gasteiger charge is -2.14. The Bertz CT molecular complexity index is 588. The van der Waals surface area contributed by atoms with Crippen molar-refractivity contribution in [1.82, 2.24) is 30.4 Å². The fraction of sp³-hybridized carbons (Fsp3) is 0.667. The normalized spacial score (nSPS) is 17.1. The lowest BCUT2D eigenvalue weighted by atomic mass is 10.2. The fourth-order valence-electron chi connectivity index (χ4n) is 2.27. The first-order valence-corrected chi connectivity index (χ1v) is 7.17. The quantitative estimate of drug-likeness (QED) is 0.611. The van der Waals surface area contributed by atoms with Crippen LogP contribution in [0.5, 0.6) is 0 Å². The molecular weight excluding hydrogens is 308 g/mol. The highest BCUT2D eigenvalue weighted by Crippen LogP contribution is 2.09. The van der Waals surface area contributed by atoms with Crippen molar-refractivity contribution >= 4 is 18.0 Å². The van der Waals surface area contributed by atoms with E-state index in [1.54, 1.807) is 6.92 Å². The van der Waals surface area contributed by atoms with E-state index in [4.69, 9.17) is 9.84 Å². The van der Waals surface area contributed by atoms with E-state index in [2.05, 4.69) is 20.8 Å². The molecule has 23 heavy (non-hydrogen) atoms. The molecule has 1 fully saturated rings. The van der Waals surface area contributed by atoms with Gasteiger partial charge < -0.3 is 20.1 Å². The third kappa shape index (κ3) is 4.63. The molecule has 11 nitrogen and oxygen atoms in total. The van der Waals surface area contributed by atoms with Gasteiger partial charge in [-0.1, -0.05) is 0 Å². The molecule has 2 heterocycles. The van der Waals surface area contributed by atoms with Gasteiger partial charge in [-0.3, -0.25) is 9.59 Å². The number of likely N-dealkylation sites (tertiary alicyclic amines) is 1. The van der Waals surface area contributed by atoms with Crippen LogP contribution in [-0.2, 0) is 27.3 Å².